The molecule has 0 saturated carbocycles. The van der Waals surface area contributed by atoms with E-state index in [-0.39, 0.29) is 11.9 Å². The molecule has 0 aliphatic rings. The van der Waals surface area contributed by atoms with Gasteiger partial charge in [-0.25, -0.2) is 0 Å². The highest BCUT2D eigenvalue weighted by atomic mass is 16.5. The first-order valence-corrected chi connectivity index (χ1v) is 5.94. The van der Waals surface area contributed by atoms with Gasteiger partial charge >= 0.3 is 0 Å². The minimum absolute atomic E-state index is 0.162. The van der Waals surface area contributed by atoms with Crippen LogP contribution in [0.25, 0.3) is 0 Å². The topological polar surface area (TPSA) is 73.6 Å². The van der Waals surface area contributed by atoms with Crippen LogP contribution in [0.4, 0.5) is 0 Å². The van der Waals surface area contributed by atoms with Gasteiger partial charge in [0.05, 0.1) is 19.3 Å². The summed E-state index contributed by atoms with van der Waals surface area (Å²) < 4.78 is 10.3. The van der Waals surface area contributed by atoms with Crippen molar-refractivity contribution in [2.75, 3.05) is 26.9 Å². The van der Waals surface area contributed by atoms with E-state index in [1.54, 1.807) is 31.4 Å². The first-order chi connectivity index (χ1) is 8.71. The Balaban J connectivity index is 2.60. The molecule has 0 aliphatic carbocycles. The summed E-state index contributed by atoms with van der Waals surface area (Å²) in [6.07, 6.45) is 0. The van der Waals surface area contributed by atoms with Gasteiger partial charge in [0.2, 0.25) is 0 Å². The Morgan fingerprint density at radius 3 is 2.56 bits per heavy atom. The maximum absolute atomic E-state index is 11.9. The van der Waals surface area contributed by atoms with Gasteiger partial charge in [0.25, 0.3) is 5.91 Å². The van der Waals surface area contributed by atoms with E-state index in [0.29, 0.717) is 25.3 Å². The van der Waals surface area contributed by atoms with Crippen LogP contribution in [-0.4, -0.2) is 38.8 Å². The molecular formula is C13H20N2O3. The van der Waals surface area contributed by atoms with Crippen molar-refractivity contribution in [3.05, 3.63) is 29.8 Å². The SMILES string of the molecule is CCOc1ccc(C(=O)NC(CN)COC)cc1. The summed E-state index contributed by atoms with van der Waals surface area (Å²) in [4.78, 5) is 11.9. The van der Waals surface area contributed by atoms with Gasteiger partial charge < -0.3 is 20.5 Å². The zero-order chi connectivity index (χ0) is 13.4. The fourth-order valence-electron chi connectivity index (χ4n) is 1.51. The second-order valence-electron chi connectivity index (χ2n) is 3.82. The van der Waals surface area contributed by atoms with Crippen molar-refractivity contribution in [3.63, 3.8) is 0 Å². The fourth-order valence-corrected chi connectivity index (χ4v) is 1.51. The van der Waals surface area contributed by atoms with Crippen molar-refractivity contribution in [1.29, 1.82) is 0 Å². The molecule has 18 heavy (non-hydrogen) atoms. The molecule has 1 atom stereocenters. The molecule has 1 unspecified atom stereocenters. The summed E-state index contributed by atoms with van der Waals surface area (Å²) in [5.41, 5.74) is 6.11. The monoisotopic (exact) mass is 252 g/mol. The molecule has 0 fully saturated rings. The van der Waals surface area contributed by atoms with Gasteiger partial charge in [-0.05, 0) is 31.2 Å². The Morgan fingerprint density at radius 1 is 1.39 bits per heavy atom. The third-order valence-corrected chi connectivity index (χ3v) is 2.42. The Hall–Kier alpha value is -1.59. The van der Waals surface area contributed by atoms with Crippen LogP contribution in [0.1, 0.15) is 17.3 Å². The highest BCUT2D eigenvalue weighted by Crippen LogP contribution is 2.12. The van der Waals surface area contributed by atoms with E-state index in [1.807, 2.05) is 6.92 Å². The highest BCUT2D eigenvalue weighted by Gasteiger charge is 2.12. The zero-order valence-corrected chi connectivity index (χ0v) is 10.8. The molecule has 3 N–H and O–H groups in total. The van der Waals surface area contributed by atoms with Crippen molar-refractivity contribution in [3.8, 4) is 5.75 Å². The number of carbonyl (C=O) groups excluding carboxylic acids is 1. The minimum Gasteiger partial charge on any atom is -0.494 e. The number of hydrogen-bond acceptors (Lipinski definition) is 4. The summed E-state index contributed by atoms with van der Waals surface area (Å²) >= 11 is 0. The molecule has 0 aromatic heterocycles. The highest BCUT2D eigenvalue weighted by molar-refractivity contribution is 5.94. The first-order valence-electron chi connectivity index (χ1n) is 5.94. The number of ether oxygens (including phenoxy) is 2. The molecule has 1 amide bonds. The molecule has 5 nitrogen and oxygen atoms in total. The van der Waals surface area contributed by atoms with Gasteiger partial charge in [-0.2, -0.15) is 0 Å². The lowest BCUT2D eigenvalue weighted by Gasteiger charge is -2.15. The predicted molar refractivity (Wildman–Crippen MR) is 69.8 cm³/mol. The number of methoxy groups -OCH3 is 1. The Labute approximate surface area is 107 Å². The molecule has 0 heterocycles. The van der Waals surface area contributed by atoms with Gasteiger partial charge in [-0.3, -0.25) is 4.79 Å². The van der Waals surface area contributed by atoms with Crippen molar-refractivity contribution in [2.45, 2.75) is 13.0 Å². The Kier molecular flexibility index (Phi) is 6.18. The van der Waals surface area contributed by atoms with Crippen molar-refractivity contribution < 1.29 is 14.3 Å². The van der Waals surface area contributed by atoms with Crippen LogP contribution < -0.4 is 15.8 Å². The fraction of sp³-hybridized carbons (Fsp3) is 0.462. The van der Waals surface area contributed by atoms with E-state index in [4.69, 9.17) is 15.2 Å². The van der Waals surface area contributed by atoms with Crippen LogP contribution in [-0.2, 0) is 4.74 Å². The standard InChI is InChI=1S/C13H20N2O3/c1-3-18-12-6-4-10(5-7-12)13(16)15-11(8-14)9-17-2/h4-7,11H,3,8-9,14H2,1-2H3,(H,15,16). The molecule has 1 aromatic carbocycles. The number of benzene rings is 1. The second-order valence-corrected chi connectivity index (χ2v) is 3.82. The minimum atomic E-state index is -0.172. The summed E-state index contributed by atoms with van der Waals surface area (Å²) in [5.74, 6) is 0.590. The molecule has 0 bridgehead atoms. The number of nitrogens with two attached hydrogens (primary N) is 1. The van der Waals surface area contributed by atoms with E-state index < -0.39 is 0 Å². The number of rotatable bonds is 7. The summed E-state index contributed by atoms with van der Waals surface area (Å²) in [6, 6.07) is 6.81. The Bertz CT molecular complexity index is 365. The van der Waals surface area contributed by atoms with Crippen LogP contribution in [0.5, 0.6) is 5.75 Å². The lowest BCUT2D eigenvalue weighted by atomic mass is 10.2. The van der Waals surface area contributed by atoms with E-state index in [0.717, 1.165) is 5.75 Å². The molecule has 0 radical (unpaired) electrons. The second kappa shape index (κ2) is 7.68. The smallest absolute Gasteiger partial charge is 0.251 e. The molecule has 0 saturated heterocycles. The average Bonchev–Trinajstić information content (AvgIpc) is 2.39. The van der Waals surface area contributed by atoms with Crippen molar-refractivity contribution >= 4 is 5.91 Å². The van der Waals surface area contributed by atoms with Gasteiger partial charge in [0.1, 0.15) is 5.75 Å². The molecule has 5 heteroatoms. The third kappa shape index (κ3) is 4.35. The van der Waals surface area contributed by atoms with Crippen LogP contribution in [0.3, 0.4) is 0 Å². The van der Waals surface area contributed by atoms with Crippen LogP contribution >= 0.6 is 0 Å². The lowest BCUT2D eigenvalue weighted by Crippen LogP contribution is -2.43. The maximum atomic E-state index is 11.9. The van der Waals surface area contributed by atoms with Gasteiger partial charge in [-0.15, -0.1) is 0 Å². The molecule has 0 spiro atoms. The predicted octanol–water partition coefficient (Wildman–Crippen LogP) is 0.789. The van der Waals surface area contributed by atoms with Crippen molar-refractivity contribution in [1.82, 2.24) is 5.32 Å². The molecule has 1 rings (SSSR count). The average molecular weight is 252 g/mol. The number of nitrogens with one attached hydrogen (secondary N) is 1. The summed E-state index contributed by atoms with van der Waals surface area (Å²) in [6.45, 7) is 3.27. The van der Waals surface area contributed by atoms with Gasteiger partial charge in [0, 0.05) is 19.2 Å². The van der Waals surface area contributed by atoms with E-state index >= 15 is 0 Å². The molecule has 1 aromatic rings. The largest absolute Gasteiger partial charge is 0.494 e. The van der Waals surface area contributed by atoms with Crippen LogP contribution in [0.15, 0.2) is 24.3 Å². The third-order valence-electron chi connectivity index (χ3n) is 2.42. The Morgan fingerprint density at radius 2 is 2.06 bits per heavy atom. The van der Waals surface area contributed by atoms with Crippen molar-refractivity contribution in [2.24, 2.45) is 5.73 Å². The normalized spacial score (nSPS) is 11.9. The van der Waals surface area contributed by atoms with Crippen LogP contribution in [0, 0.1) is 0 Å². The number of hydrogen-bond donors (Lipinski definition) is 2. The quantitative estimate of drug-likeness (QED) is 0.752. The molecular weight excluding hydrogens is 232 g/mol. The number of amides is 1. The molecule has 100 valence electrons. The summed E-state index contributed by atoms with van der Waals surface area (Å²) in [7, 11) is 1.58. The lowest BCUT2D eigenvalue weighted by molar-refractivity contribution is 0.0900. The summed E-state index contributed by atoms with van der Waals surface area (Å²) in [5, 5.41) is 2.81. The van der Waals surface area contributed by atoms with E-state index in [2.05, 4.69) is 5.32 Å². The zero-order valence-electron chi connectivity index (χ0n) is 10.8. The molecule has 0 aliphatic heterocycles. The van der Waals surface area contributed by atoms with Gasteiger partial charge in [-0.1, -0.05) is 0 Å². The number of carbonyl (C=O) groups is 1. The van der Waals surface area contributed by atoms with Gasteiger partial charge in [0.15, 0.2) is 0 Å². The first kappa shape index (κ1) is 14.5. The maximum Gasteiger partial charge on any atom is 0.251 e. The van der Waals surface area contributed by atoms with Crippen LogP contribution in [0.2, 0.25) is 0 Å². The van der Waals surface area contributed by atoms with E-state index in [9.17, 15) is 4.79 Å². The van der Waals surface area contributed by atoms with E-state index in [1.165, 1.54) is 0 Å².